The highest BCUT2D eigenvalue weighted by molar-refractivity contribution is 6.05. The van der Waals surface area contributed by atoms with E-state index >= 15 is 0 Å². The van der Waals surface area contributed by atoms with Crippen LogP contribution in [0, 0.1) is 46.3 Å². The number of nitrogens with one attached hydrogen (secondary N) is 5. The summed E-state index contributed by atoms with van der Waals surface area (Å²) in [5.41, 5.74) is 12.4. The highest BCUT2D eigenvalue weighted by atomic mass is 16.6. The Morgan fingerprint density at radius 2 is 1.17 bits per heavy atom. The highest BCUT2D eigenvalue weighted by Gasteiger charge is 2.58. The number of ether oxygens (including phenoxy) is 5. The number of aromatic hydroxyl groups is 1. The number of phenols is 1. The molecule has 0 saturated heterocycles. The van der Waals surface area contributed by atoms with Crippen molar-refractivity contribution in [1.82, 2.24) is 21.3 Å². The number of hydrogen-bond donors (Lipinski definition) is 8. The third kappa shape index (κ3) is 22.9. The number of carbonyl (C=O) groups is 11. The fraction of sp³-hybridized carbons (Fsp3) is 0.527. The van der Waals surface area contributed by atoms with Gasteiger partial charge in [-0.05, 0) is 181 Å². The minimum atomic E-state index is -1.21. The topological polar surface area (TPSA) is 364 Å². The predicted molar refractivity (Wildman–Crippen MR) is 436 cm³/mol. The summed E-state index contributed by atoms with van der Waals surface area (Å²) in [5, 5.41) is 33.8. The number of amides is 7. The van der Waals surface area contributed by atoms with Gasteiger partial charge < -0.3 is 71.1 Å². The van der Waals surface area contributed by atoms with E-state index in [1.165, 1.54) is 5.56 Å². The van der Waals surface area contributed by atoms with Crippen molar-refractivity contribution in [1.29, 1.82) is 0 Å². The summed E-state index contributed by atoms with van der Waals surface area (Å²) in [6.07, 6.45) is 6.33. The molecule has 9 N–H and O–H groups in total. The summed E-state index contributed by atoms with van der Waals surface area (Å²) in [4.78, 5) is 150. The molecule has 25 nitrogen and oxygen atoms in total. The van der Waals surface area contributed by atoms with Crippen LogP contribution < -0.4 is 37.2 Å². The number of alkyl carbamates (subject to hydrolysis) is 1. The monoisotopic (exact) mass is 1590 g/mol. The van der Waals surface area contributed by atoms with Crippen LogP contribution in [0.4, 0.5) is 21.0 Å². The van der Waals surface area contributed by atoms with Gasteiger partial charge in [-0.25, -0.2) is 9.59 Å². The van der Waals surface area contributed by atoms with E-state index in [1.807, 2.05) is 78.9 Å². The van der Waals surface area contributed by atoms with Gasteiger partial charge in [-0.15, -0.1) is 0 Å². The lowest BCUT2D eigenvalue weighted by atomic mass is 9.47. The maximum Gasteiger partial charge on any atom is 0.408 e. The molecule has 5 aliphatic rings. The van der Waals surface area contributed by atoms with E-state index in [0.717, 1.165) is 91.2 Å². The Kier molecular flexibility index (Phi) is 31.3. The van der Waals surface area contributed by atoms with Crippen LogP contribution in [0.15, 0.2) is 109 Å². The number of aliphatic carboxylic acids is 1. The molecule has 10 rings (SSSR count). The molecule has 5 aromatic carbocycles. The number of ketones is 4. The number of carboxylic acid groups (broad SMARTS) is 1. The molecule has 0 aromatic heterocycles. The van der Waals surface area contributed by atoms with E-state index in [4.69, 9.17) is 29.4 Å². The minimum Gasteiger partial charge on any atom is -0.508 e. The molecular formula is C91H115N7O18. The molecule has 1 heterocycles. The molecule has 116 heavy (non-hydrogen) atoms. The number of fused-ring (bicyclic) bond motifs is 8. The maximum absolute atomic E-state index is 15.0. The van der Waals surface area contributed by atoms with Gasteiger partial charge in [-0.3, -0.25) is 43.2 Å². The largest absolute Gasteiger partial charge is 0.508 e. The minimum absolute atomic E-state index is 0.00679. The number of nitrogens with two attached hydrogens (primary N) is 1. The van der Waals surface area contributed by atoms with Crippen LogP contribution in [0.3, 0.4) is 0 Å². The molecule has 5 aromatic rings. The maximum atomic E-state index is 15.0. The number of anilines is 2. The van der Waals surface area contributed by atoms with Crippen molar-refractivity contribution in [2.75, 3.05) is 76.2 Å². The van der Waals surface area contributed by atoms with E-state index in [9.17, 15) is 63.0 Å². The average Bonchev–Trinajstić information content (AvgIpc) is 0.721. The van der Waals surface area contributed by atoms with Crippen LogP contribution in [0.5, 0.6) is 5.75 Å². The van der Waals surface area contributed by atoms with Crippen LogP contribution in [0.1, 0.15) is 201 Å². The van der Waals surface area contributed by atoms with E-state index < -0.39 is 76.4 Å². The highest BCUT2D eigenvalue weighted by Crippen LogP contribution is 2.61. The molecule has 2 saturated carbocycles. The van der Waals surface area contributed by atoms with E-state index in [1.54, 1.807) is 49.1 Å². The first-order chi connectivity index (χ1) is 55.6. The van der Waals surface area contributed by atoms with Crippen molar-refractivity contribution in [2.45, 2.75) is 206 Å². The van der Waals surface area contributed by atoms with Gasteiger partial charge in [0.1, 0.15) is 23.9 Å². The molecule has 0 bridgehead atoms. The second-order valence-corrected chi connectivity index (χ2v) is 33.0. The fourth-order valence-electron chi connectivity index (χ4n) is 18.4. The van der Waals surface area contributed by atoms with E-state index in [0.29, 0.717) is 61.7 Å². The smallest absolute Gasteiger partial charge is 0.408 e. The Bertz CT molecular complexity index is 4440. The first-order valence-corrected chi connectivity index (χ1v) is 41.1. The molecule has 0 radical (unpaired) electrons. The van der Waals surface area contributed by atoms with Crippen LogP contribution in [0.25, 0.3) is 0 Å². The third-order valence-electron chi connectivity index (χ3n) is 24.7. The molecule has 1 aliphatic heterocycles. The summed E-state index contributed by atoms with van der Waals surface area (Å²) in [6.45, 7) is 14.6. The normalized spacial score (nSPS) is 21.0. The van der Waals surface area contributed by atoms with Gasteiger partial charge in [-0.1, -0.05) is 133 Å². The zero-order chi connectivity index (χ0) is 83.2. The molecule has 2 fully saturated rings. The predicted octanol–water partition coefficient (Wildman–Crippen LogP) is 11.3. The quantitative estimate of drug-likeness (QED) is 0.0102. The van der Waals surface area contributed by atoms with Crippen LogP contribution in [-0.4, -0.2) is 153 Å². The standard InChI is InChI=1S/C91H115N7O18/c1-59(2)84(97-81(105)37-44-112-46-48-114-50-51-115-49-47-113-45-43-93-80(104)34-35-82(106)98-57-67-16-8-7-14-62(67)23-24-65-15-9-10-18-73(65)98)75(101)54-66(17-11-42-94-86(92)110)85(109)95-68-28-20-60(21-29-68)58-116-87(111)96-72(31-36-83(107)108)74(100)53-61-19-22-63-26-32-76-88(3,70(63)52-61)38-12-40-90(76,5)78(102)56-79(103)91(6)41-13-39-89(4)71-55-69(99)30-25-64(71)27-33-77(89)91/h7-10,14-16,18-22,25,28-30,52,55,59,66,72,76-77,84,99H,11-13,17,26-27,31-51,53-54,56-58H2,1-6H3,(H,93,104)(H,95,109)(H,96,111)(H,97,105)(H,107,108)(H3,92,94,110)/t66-,72+,76-,77-,84+,88-,89-,90+,91+/m1/s1. The average molecular weight is 1590 g/mol. The van der Waals surface area contributed by atoms with Crippen LogP contribution in [0.2, 0.25) is 0 Å². The number of benzene rings is 5. The molecular weight excluding hydrogens is 1480 g/mol. The summed E-state index contributed by atoms with van der Waals surface area (Å²) in [6, 6.07) is 30.3. The summed E-state index contributed by atoms with van der Waals surface area (Å²) in [5.74, 6) is 2.04. The number of Topliss-reactive ketones (excluding diaryl/α,β-unsaturated/α-hetero) is 4. The zero-order valence-corrected chi connectivity index (χ0v) is 67.9. The number of phenolic OH excluding ortho intramolecular Hbond substituents is 1. The third-order valence-corrected chi connectivity index (χ3v) is 24.7. The van der Waals surface area contributed by atoms with E-state index in [-0.39, 0.29) is 162 Å². The Hall–Kier alpha value is -10.1. The number of carboxylic acids is 1. The SMILES string of the molecule is CC(C)[C@H](NC(=O)CCOCCOCCOCCOCCNC(=O)CCC(=O)N1Cc2ccccc2C#Cc2ccccc21)C(=O)C[C@@H](CCCNC(N)=O)C(=O)Nc1ccc(COC(=O)N[C@@H](CCC(=O)O)C(=O)Cc2ccc3c(c2)[C@@]2(C)CCC[C@](C)(C(=O)CC(=O)[C@@]4(C)CCC[C@]5(C)c6cc(O)ccc6CC[C@@H]45)[C@@H]2CC3)cc1. The second kappa shape index (κ2) is 41.1. The Morgan fingerprint density at radius 1 is 0.586 bits per heavy atom. The zero-order valence-electron chi connectivity index (χ0n) is 67.9. The molecule has 0 spiro atoms. The summed E-state index contributed by atoms with van der Waals surface area (Å²) < 4.78 is 28.0. The molecule has 25 heteroatoms. The van der Waals surface area contributed by atoms with Crippen molar-refractivity contribution < 1.29 is 86.6 Å². The summed E-state index contributed by atoms with van der Waals surface area (Å²) in [7, 11) is 0. The van der Waals surface area contributed by atoms with Gasteiger partial charge in [0, 0.05) is 85.2 Å². The van der Waals surface area contributed by atoms with Crippen LogP contribution >= 0.6 is 0 Å². The van der Waals surface area contributed by atoms with Crippen molar-refractivity contribution in [3.05, 3.63) is 159 Å². The molecule has 7 amide bonds. The first-order valence-electron chi connectivity index (χ1n) is 41.1. The van der Waals surface area contributed by atoms with Crippen molar-refractivity contribution in [2.24, 2.45) is 40.2 Å². The number of hydrogen-bond acceptors (Lipinski definition) is 17. The van der Waals surface area contributed by atoms with Crippen LogP contribution in [-0.2, 0) is 110 Å². The number of rotatable bonds is 42. The Balaban J connectivity index is 0.617. The molecule has 0 unspecified atom stereocenters. The van der Waals surface area contributed by atoms with Crippen molar-refractivity contribution >= 4 is 76.2 Å². The van der Waals surface area contributed by atoms with Gasteiger partial charge in [-0.2, -0.15) is 0 Å². The number of nitrogens with zero attached hydrogens (tertiary/aromatic N) is 1. The van der Waals surface area contributed by atoms with Gasteiger partial charge in [0.2, 0.25) is 23.6 Å². The van der Waals surface area contributed by atoms with E-state index in [2.05, 4.69) is 66.1 Å². The summed E-state index contributed by atoms with van der Waals surface area (Å²) >= 11 is 0. The Morgan fingerprint density at radius 3 is 1.81 bits per heavy atom. The lowest BCUT2D eigenvalue weighted by molar-refractivity contribution is -0.146. The number of primary amides is 1. The van der Waals surface area contributed by atoms with Gasteiger partial charge in [0.15, 0.2) is 11.6 Å². The fourth-order valence-corrected chi connectivity index (χ4v) is 18.4. The lowest BCUT2D eigenvalue weighted by Crippen LogP contribution is -2.55. The van der Waals surface area contributed by atoms with Gasteiger partial charge >= 0.3 is 18.1 Å². The second-order valence-electron chi connectivity index (χ2n) is 33.0. The van der Waals surface area contributed by atoms with Crippen molar-refractivity contribution in [3.8, 4) is 17.6 Å². The number of urea groups is 1. The molecule has 9 atom stereocenters. The van der Waals surface area contributed by atoms with Crippen molar-refractivity contribution in [3.63, 3.8) is 0 Å². The number of carbonyl (C=O) groups excluding carboxylic acids is 10. The van der Waals surface area contributed by atoms with Gasteiger partial charge in [0.25, 0.3) is 0 Å². The lowest BCUT2D eigenvalue weighted by Gasteiger charge is -2.56. The van der Waals surface area contributed by atoms with Gasteiger partial charge in [0.05, 0.1) is 83.6 Å². The first kappa shape index (κ1) is 88.2. The number of aryl methyl sites for hydroxylation is 2. The molecule has 622 valence electrons. The number of para-hydroxylation sites is 1. The Labute approximate surface area is 680 Å². The molecule has 4 aliphatic carbocycles.